The number of rotatable bonds is 2. The van der Waals surface area contributed by atoms with Crippen molar-refractivity contribution in [1.82, 2.24) is 30.4 Å². The van der Waals surface area contributed by atoms with Crippen molar-refractivity contribution in [3.63, 3.8) is 0 Å². The summed E-state index contributed by atoms with van der Waals surface area (Å²) in [5.41, 5.74) is 3.54. The Labute approximate surface area is 204 Å². The molecule has 0 saturated carbocycles. The average molecular weight is 605 g/mol. The van der Waals surface area contributed by atoms with Gasteiger partial charge in [0.05, 0.1) is 11.2 Å². The Morgan fingerprint density at radius 2 is 1.61 bits per heavy atom. The van der Waals surface area contributed by atoms with Crippen LogP contribution in [0.2, 0.25) is 0 Å². The van der Waals surface area contributed by atoms with Crippen LogP contribution in [0.3, 0.4) is 0 Å². The molecule has 3 aromatic heterocycles. The molecule has 0 amide bonds. The zero-order valence-corrected chi connectivity index (χ0v) is 20.2. The number of nitrogens with zero attached hydrogens (tertiary/aromatic N) is 6. The number of aromatic nitrogens is 6. The van der Waals surface area contributed by atoms with E-state index < -0.39 is 0 Å². The number of pyridine rings is 1. The molecule has 3 heterocycles. The molecule has 0 saturated heterocycles. The number of fused-ring (bicyclic) bond motifs is 2. The molecule has 3 aromatic carbocycles. The predicted octanol–water partition coefficient (Wildman–Crippen LogP) is 5.05. The Morgan fingerprint density at radius 1 is 0.818 bits per heavy atom. The molecular weight excluding hydrogens is 587 g/mol. The minimum Gasteiger partial charge on any atom is -0.421 e. The van der Waals surface area contributed by atoms with Gasteiger partial charge >= 0.3 is 19.8 Å². The topological polar surface area (TPSA) is 78.5 Å². The minimum absolute atomic E-state index is 0. The summed E-state index contributed by atoms with van der Waals surface area (Å²) in [5.74, 6) is 1.26. The molecule has 0 fully saturated rings. The molecule has 0 aliphatic rings. The molecule has 0 aliphatic carbocycles. The van der Waals surface area contributed by atoms with Crippen molar-refractivity contribution in [3.05, 3.63) is 103 Å². The molecule has 0 N–H and O–H groups in total. The minimum atomic E-state index is 0. The summed E-state index contributed by atoms with van der Waals surface area (Å²) in [6.07, 6.45) is 1.77. The zero-order chi connectivity index (χ0) is 21.8. The third-order valence-electron chi connectivity index (χ3n) is 4.92. The van der Waals surface area contributed by atoms with Gasteiger partial charge in [0.15, 0.2) is 0 Å². The zero-order valence-electron chi connectivity index (χ0n) is 17.7. The molecule has 6 rings (SSSR count). The number of aryl methyl sites for hydroxylation is 1. The molecule has 160 valence electrons. The first-order chi connectivity index (χ1) is 15.8. The standard InChI is InChI=1S/C14H9N2.C12H9N4.Os/c1-2-6-11(7-3-1)14-10-12-8-4-5-9-13(12)15-16-14;1-8-14-12(16-15-8)11-10-5-3-2-4-9(10)6-7-13-11;/h1-6,8-10H;2-7H,1H3;/q2*-1;+2. The summed E-state index contributed by atoms with van der Waals surface area (Å²) in [5, 5.41) is 19.6. The van der Waals surface area contributed by atoms with Crippen molar-refractivity contribution in [3.8, 4) is 22.8 Å². The SMILES string of the molecule is Cc1n[n-]c(-c2nccc3ccccc23)n1.[Os+2].[c-]1ccccc1-c1cc2ccccc2nn1. The molecule has 33 heavy (non-hydrogen) atoms. The number of hydrogen-bond acceptors (Lipinski definition) is 5. The van der Waals surface area contributed by atoms with Crippen LogP contribution in [0.4, 0.5) is 0 Å². The van der Waals surface area contributed by atoms with Crippen molar-refractivity contribution in [2.75, 3.05) is 0 Å². The summed E-state index contributed by atoms with van der Waals surface area (Å²) in [7, 11) is 0. The summed E-state index contributed by atoms with van der Waals surface area (Å²) in [6, 6.07) is 31.0. The van der Waals surface area contributed by atoms with E-state index >= 15 is 0 Å². The van der Waals surface area contributed by atoms with Gasteiger partial charge in [-0.15, -0.1) is 35.9 Å². The van der Waals surface area contributed by atoms with Crippen molar-refractivity contribution < 1.29 is 19.8 Å². The van der Waals surface area contributed by atoms with Gasteiger partial charge < -0.3 is 10.1 Å². The van der Waals surface area contributed by atoms with Gasteiger partial charge in [-0.1, -0.05) is 48.5 Å². The molecular formula is C26H18N6Os. The van der Waals surface area contributed by atoms with Crippen molar-refractivity contribution in [1.29, 1.82) is 0 Å². The Morgan fingerprint density at radius 3 is 2.39 bits per heavy atom. The Bertz CT molecular complexity index is 1490. The molecule has 0 bridgehead atoms. The van der Waals surface area contributed by atoms with E-state index in [-0.39, 0.29) is 19.8 Å². The van der Waals surface area contributed by atoms with Gasteiger partial charge in [0, 0.05) is 23.1 Å². The Balaban J connectivity index is 0.000000152. The van der Waals surface area contributed by atoms with Gasteiger partial charge in [0.1, 0.15) is 0 Å². The van der Waals surface area contributed by atoms with Gasteiger partial charge in [0.2, 0.25) is 0 Å². The summed E-state index contributed by atoms with van der Waals surface area (Å²) in [4.78, 5) is 8.57. The smallest absolute Gasteiger partial charge is 0.421 e. The molecule has 0 unspecified atom stereocenters. The fraction of sp³-hybridized carbons (Fsp3) is 0.0385. The van der Waals surface area contributed by atoms with E-state index in [0.29, 0.717) is 11.6 Å². The van der Waals surface area contributed by atoms with E-state index in [9.17, 15) is 0 Å². The second kappa shape index (κ2) is 10.2. The summed E-state index contributed by atoms with van der Waals surface area (Å²) < 4.78 is 0. The van der Waals surface area contributed by atoms with Crippen LogP contribution < -0.4 is 5.10 Å². The van der Waals surface area contributed by atoms with Crippen molar-refractivity contribution in [2.45, 2.75) is 6.92 Å². The van der Waals surface area contributed by atoms with Crippen LogP contribution in [0.15, 0.2) is 91.1 Å². The second-order valence-corrected chi connectivity index (χ2v) is 7.13. The fourth-order valence-electron chi connectivity index (χ4n) is 3.38. The van der Waals surface area contributed by atoms with Crippen LogP contribution in [0.25, 0.3) is 44.5 Å². The van der Waals surface area contributed by atoms with Crippen molar-refractivity contribution in [2.24, 2.45) is 0 Å². The summed E-state index contributed by atoms with van der Waals surface area (Å²) >= 11 is 0. The Kier molecular flexibility index (Phi) is 6.92. The summed E-state index contributed by atoms with van der Waals surface area (Å²) in [6.45, 7) is 1.82. The van der Waals surface area contributed by atoms with Gasteiger partial charge in [-0.25, -0.2) is 5.10 Å². The fourth-order valence-corrected chi connectivity index (χ4v) is 3.38. The van der Waals surface area contributed by atoms with E-state index in [0.717, 1.165) is 38.6 Å². The molecule has 0 spiro atoms. The van der Waals surface area contributed by atoms with Gasteiger partial charge in [-0.05, 0) is 35.7 Å². The first-order valence-electron chi connectivity index (χ1n) is 10.2. The molecule has 0 atom stereocenters. The normalized spacial score (nSPS) is 10.3. The quantitative estimate of drug-likeness (QED) is 0.258. The van der Waals surface area contributed by atoms with Gasteiger partial charge in [0.25, 0.3) is 0 Å². The largest absolute Gasteiger partial charge is 2.00 e. The monoisotopic (exact) mass is 606 g/mol. The first kappa shape index (κ1) is 22.4. The molecule has 0 aliphatic heterocycles. The second-order valence-electron chi connectivity index (χ2n) is 7.13. The maximum Gasteiger partial charge on any atom is 2.00 e. The van der Waals surface area contributed by atoms with Gasteiger partial charge in [-0.3, -0.25) is 10.1 Å². The van der Waals surface area contributed by atoms with E-state index in [2.05, 4.69) is 36.4 Å². The van der Waals surface area contributed by atoms with E-state index in [1.54, 1.807) is 6.20 Å². The Hall–Kier alpha value is -3.81. The third kappa shape index (κ3) is 5.00. The van der Waals surface area contributed by atoms with Crippen LogP contribution in [0, 0.1) is 13.0 Å². The van der Waals surface area contributed by atoms with Crippen LogP contribution in [-0.4, -0.2) is 25.3 Å². The van der Waals surface area contributed by atoms with E-state index in [4.69, 9.17) is 0 Å². The molecule has 6 nitrogen and oxygen atoms in total. The maximum atomic E-state index is 4.33. The molecule has 6 aromatic rings. The van der Waals surface area contributed by atoms with Gasteiger partial charge in [-0.2, -0.15) is 5.10 Å². The molecule has 7 heteroatoms. The number of benzene rings is 3. The van der Waals surface area contributed by atoms with Crippen LogP contribution in [0.5, 0.6) is 0 Å². The van der Waals surface area contributed by atoms with Crippen LogP contribution >= 0.6 is 0 Å². The van der Waals surface area contributed by atoms with Crippen LogP contribution in [-0.2, 0) is 19.8 Å². The maximum absolute atomic E-state index is 4.33. The van der Waals surface area contributed by atoms with Crippen LogP contribution in [0.1, 0.15) is 5.82 Å². The molecule has 0 radical (unpaired) electrons. The first-order valence-corrected chi connectivity index (χ1v) is 10.2. The number of hydrogen-bond donors (Lipinski definition) is 0. The van der Waals surface area contributed by atoms with E-state index in [1.807, 2.05) is 91.9 Å². The van der Waals surface area contributed by atoms with Crippen molar-refractivity contribution >= 4 is 21.7 Å². The average Bonchev–Trinajstić information content (AvgIpc) is 3.30. The van der Waals surface area contributed by atoms with E-state index in [1.165, 1.54) is 0 Å². The third-order valence-corrected chi connectivity index (χ3v) is 4.92. The predicted molar refractivity (Wildman–Crippen MR) is 125 cm³/mol.